The predicted octanol–water partition coefficient (Wildman–Crippen LogP) is 2.16. The van der Waals surface area contributed by atoms with Crippen LogP contribution in [0, 0.1) is 0 Å². The van der Waals surface area contributed by atoms with Crippen LogP contribution >= 0.6 is 11.3 Å². The number of aliphatic hydroxyl groups is 1. The van der Waals surface area contributed by atoms with Crippen LogP contribution in [-0.4, -0.2) is 39.2 Å². The Kier molecular flexibility index (Phi) is 3.87. The average molecular weight is 275 g/mol. The smallest absolute Gasteiger partial charge is 0.142 e. The number of rotatable bonds is 3. The zero-order valence-corrected chi connectivity index (χ0v) is 11.5. The van der Waals surface area contributed by atoms with E-state index in [4.69, 9.17) is 0 Å². The van der Waals surface area contributed by atoms with Crippen molar-refractivity contribution in [2.24, 2.45) is 0 Å². The summed E-state index contributed by atoms with van der Waals surface area (Å²) in [6.45, 7) is 2.71. The molecule has 1 N–H and O–H groups in total. The third kappa shape index (κ3) is 3.18. The van der Waals surface area contributed by atoms with Gasteiger partial charge >= 0.3 is 0 Å². The second-order valence-corrected chi connectivity index (χ2v) is 5.99. The number of likely N-dealkylation sites (tertiary alicyclic amines) is 1. The Balaban J connectivity index is 1.68. The van der Waals surface area contributed by atoms with Gasteiger partial charge in [-0.15, -0.1) is 11.3 Å². The van der Waals surface area contributed by atoms with Crippen LogP contribution in [0.3, 0.4) is 0 Å². The summed E-state index contributed by atoms with van der Waals surface area (Å²) >= 11 is 1.68. The number of pyridine rings is 1. The van der Waals surface area contributed by atoms with Crippen molar-refractivity contribution in [2.75, 3.05) is 13.1 Å². The highest BCUT2D eigenvalue weighted by Crippen LogP contribution is 2.24. The molecule has 3 rings (SSSR count). The number of piperidine rings is 1. The van der Waals surface area contributed by atoms with Crippen LogP contribution in [0.4, 0.5) is 0 Å². The first kappa shape index (κ1) is 12.7. The Morgan fingerprint density at radius 3 is 3.11 bits per heavy atom. The molecule has 0 radical (unpaired) electrons. The van der Waals surface area contributed by atoms with Crippen LogP contribution in [0.25, 0.3) is 10.7 Å². The van der Waals surface area contributed by atoms with Crippen LogP contribution < -0.4 is 0 Å². The van der Waals surface area contributed by atoms with E-state index in [1.165, 1.54) is 4.88 Å². The summed E-state index contributed by atoms with van der Waals surface area (Å²) in [6, 6.07) is 5.87. The van der Waals surface area contributed by atoms with Crippen molar-refractivity contribution < 1.29 is 5.11 Å². The zero-order valence-electron chi connectivity index (χ0n) is 10.7. The molecule has 0 aromatic carbocycles. The number of thiazole rings is 1. The Labute approximate surface area is 116 Å². The molecule has 5 heteroatoms. The van der Waals surface area contributed by atoms with Crippen molar-refractivity contribution in [1.29, 1.82) is 0 Å². The molecule has 0 saturated carbocycles. The Bertz CT molecular complexity index is 528. The van der Waals surface area contributed by atoms with Crippen molar-refractivity contribution in [3.8, 4) is 10.7 Å². The maximum Gasteiger partial charge on any atom is 0.142 e. The maximum absolute atomic E-state index is 9.68. The molecule has 1 aliphatic heterocycles. The number of β-amino-alcohol motifs (C(OH)–C–C–N with tert-alkyl or cyclic N) is 1. The van der Waals surface area contributed by atoms with Gasteiger partial charge in [-0.1, -0.05) is 6.07 Å². The van der Waals surface area contributed by atoms with Gasteiger partial charge in [0, 0.05) is 30.4 Å². The van der Waals surface area contributed by atoms with E-state index in [0.29, 0.717) is 0 Å². The van der Waals surface area contributed by atoms with Gasteiger partial charge in [0.1, 0.15) is 5.01 Å². The van der Waals surface area contributed by atoms with E-state index in [1.54, 1.807) is 17.5 Å². The van der Waals surface area contributed by atoms with Crippen LogP contribution in [-0.2, 0) is 6.54 Å². The summed E-state index contributed by atoms with van der Waals surface area (Å²) in [5.41, 5.74) is 0.928. The van der Waals surface area contributed by atoms with Gasteiger partial charge in [0.15, 0.2) is 0 Å². The first-order valence-corrected chi connectivity index (χ1v) is 7.39. The fraction of sp³-hybridized carbons (Fsp3) is 0.429. The summed E-state index contributed by atoms with van der Waals surface area (Å²) in [5, 5.41) is 10.6. The minimum absolute atomic E-state index is 0.170. The lowest BCUT2D eigenvalue weighted by Gasteiger charge is -2.29. The van der Waals surface area contributed by atoms with Crippen LogP contribution in [0.1, 0.15) is 17.7 Å². The van der Waals surface area contributed by atoms with Gasteiger partial charge in [0.25, 0.3) is 0 Å². The lowest BCUT2D eigenvalue weighted by atomic mass is 10.1. The molecule has 0 aliphatic carbocycles. The van der Waals surface area contributed by atoms with E-state index in [9.17, 15) is 5.11 Å². The number of hydrogen-bond acceptors (Lipinski definition) is 5. The molecular weight excluding hydrogens is 258 g/mol. The highest BCUT2D eigenvalue weighted by Gasteiger charge is 2.18. The Morgan fingerprint density at radius 1 is 1.37 bits per heavy atom. The van der Waals surface area contributed by atoms with Gasteiger partial charge < -0.3 is 5.11 Å². The van der Waals surface area contributed by atoms with Crippen molar-refractivity contribution in [3.63, 3.8) is 0 Å². The topological polar surface area (TPSA) is 49.2 Å². The van der Waals surface area contributed by atoms with Gasteiger partial charge in [-0.2, -0.15) is 0 Å². The summed E-state index contributed by atoms with van der Waals surface area (Å²) in [5.74, 6) is 0. The van der Waals surface area contributed by atoms with E-state index >= 15 is 0 Å². The lowest BCUT2D eigenvalue weighted by molar-refractivity contribution is 0.0673. The second-order valence-electron chi connectivity index (χ2n) is 4.88. The third-order valence-electron chi connectivity index (χ3n) is 3.30. The fourth-order valence-corrected chi connectivity index (χ4v) is 3.32. The molecule has 0 bridgehead atoms. The maximum atomic E-state index is 9.68. The minimum atomic E-state index is -0.170. The van der Waals surface area contributed by atoms with E-state index < -0.39 is 0 Å². The van der Waals surface area contributed by atoms with E-state index in [2.05, 4.69) is 14.9 Å². The largest absolute Gasteiger partial charge is 0.392 e. The van der Waals surface area contributed by atoms with E-state index in [-0.39, 0.29) is 6.10 Å². The second kappa shape index (κ2) is 5.77. The van der Waals surface area contributed by atoms with Crippen molar-refractivity contribution in [1.82, 2.24) is 14.9 Å². The predicted molar refractivity (Wildman–Crippen MR) is 75.9 cm³/mol. The number of hydrogen-bond donors (Lipinski definition) is 1. The molecular formula is C14H17N3OS. The molecule has 1 saturated heterocycles. The van der Waals surface area contributed by atoms with Gasteiger partial charge in [0.05, 0.1) is 11.8 Å². The van der Waals surface area contributed by atoms with Crippen LogP contribution in [0.5, 0.6) is 0 Å². The first-order chi connectivity index (χ1) is 9.31. The van der Waals surface area contributed by atoms with Crippen molar-refractivity contribution in [2.45, 2.75) is 25.5 Å². The van der Waals surface area contributed by atoms with Crippen molar-refractivity contribution >= 4 is 11.3 Å². The monoisotopic (exact) mass is 275 g/mol. The first-order valence-electron chi connectivity index (χ1n) is 6.58. The number of nitrogens with zero attached hydrogens (tertiary/aromatic N) is 3. The third-order valence-corrected chi connectivity index (χ3v) is 4.30. The molecule has 0 amide bonds. The lowest BCUT2D eigenvalue weighted by Crippen LogP contribution is -2.37. The molecule has 0 spiro atoms. The normalized spacial score (nSPS) is 20.6. The Hall–Kier alpha value is -1.30. The molecule has 1 aliphatic rings. The number of aliphatic hydroxyl groups excluding tert-OH is 1. The molecule has 19 heavy (non-hydrogen) atoms. The molecule has 3 heterocycles. The highest BCUT2D eigenvalue weighted by molar-refractivity contribution is 7.14. The van der Waals surface area contributed by atoms with Crippen molar-refractivity contribution in [3.05, 3.63) is 35.5 Å². The summed E-state index contributed by atoms with van der Waals surface area (Å²) in [4.78, 5) is 12.3. The zero-order chi connectivity index (χ0) is 13.1. The highest BCUT2D eigenvalue weighted by atomic mass is 32.1. The molecule has 100 valence electrons. The van der Waals surface area contributed by atoms with Crippen LogP contribution in [0.2, 0.25) is 0 Å². The quantitative estimate of drug-likeness (QED) is 0.932. The van der Waals surface area contributed by atoms with E-state index in [1.807, 2.05) is 24.4 Å². The summed E-state index contributed by atoms with van der Waals surface area (Å²) in [7, 11) is 0. The van der Waals surface area contributed by atoms with Gasteiger partial charge in [-0.25, -0.2) is 4.98 Å². The Morgan fingerprint density at radius 2 is 2.32 bits per heavy atom. The molecule has 2 aromatic heterocycles. The van der Waals surface area contributed by atoms with Gasteiger partial charge in [-0.05, 0) is 31.5 Å². The van der Waals surface area contributed by atoms with Crippen LogP contribution in [0.15, 0.2) is 30.6 Å². The molecule has 1 unspecified atom stereocenters. The summed E-state index contributed by atoms with van der Waals surface area (Å²) < 4.78 is 0. The SMILES string of the molecule is OC1CCCN(Cc2cnc(-c3ccccn3)s2)C1. The molecule has 1 atom stereocenters. The molecule has 4 nitrogen and oxygen atoms in total. The standard InChI is InChI=1S/C14H17N3OS/c18-11-4-3-7-17(9-11)10-12-8-16-14(19-12)13-5-1-2-6-15-13/h1-2,5-6,8,11,18H,3-4,7,9-10H2. The number of aromatic nitrogens is 2. The minimum Gasteiger partial charge on any atom is -0.392 e. The molecule has 1 fully saturated rings. The van der Waals surface area contributed by atoms with Gasteiger partial charge in [-0.3, -0.25) is 9.88 Å². The van der Waals surface area contributed by atoms with Gasteiger partial charge in [0.2, 0.25) is 0 Å². The van der Waals surface area contributed by atoms with E-state index in [0.717, 1.165) is 43.2 Å². The summed E-state index contributed by atoms with van der Waals surface area (Å²) in [6.07, 6.45) is 5.55. The molecule has 2 aromatic rings. The average Bonchev–Trinajstić information content (AvgIpc) is 2.88. The fourth-order valence-electron chi connectivity index (χ4n) is 2.38.